The predicted octanol–water partition coefficient (Wildman–Crippen LogP) is 1.58. The Morgan fingerprint density at radius 1 is 1.40 bits per heavy atom. The minimum atomic E-state index is -3.46. The molecule has 1 heterocycles. The third-order valence-electron chi connectivity index (χ3n) is 3.34. The summed E-state index contributed by atoms with van der Waals surface area (Å²) in [6, 6.07) is 4.01. The van der Waals surface area contributed by atoms with Gasteiger partial charge in [-0.05, 0) is 44.0 Å². The van der Waals surface area contributed by atoms with Crippen LogP contribution in [0.4, 0.5) is 10.1 Å². The van der Waals surface area contributed by atoms with Gasteiger partial charge >= 0.3 is 0 Å². The van der Waals surface area contributed by atoms with E-state index in [0.29, 0.717) is 0 Å². The Morgan fingerprint density at radius 2 is 2.10 bits per heavy atom. The first-order valence-corrected chi connectivity index (χ1v) is 8.20. The lowest BCUT2D eigenvalue weighted by Crippen LogP contribution is -2.33. The standard InChI is InChI=1S/C13H19FN2O3S/c1-19-13-3-2-11(8-12(13)14)16-20(17,18)9-10-4-6-15-7-5-10/h2-3,8,10,15-16H,4-7,9H2,1H3. The lowest BCUT2D eigenvalue weighted by Gasteiger charge is -2.22. The molecule has 0 bridgehead atoms. The van der Waals surface area contributed by atoms with Gasteiger partial charge in [0, 0.05) is 6.07 Å². The fourth-order valence-electron chi connectivity index (χ4n) is 2.31. The van der Waals surface area contributed by atoms with E-state index in [4.69, 9.17) is 4.74 Å². The molecule has 7 heteroatoms. The van der Waals surface area contributed by atoms with Crippen LogP contribution in [0.3, 0.4) is 0 Å². The number of piperidine rings is 1. The summed E-state index contributed by atoms with van der Waals surface area (Å²) in [6.45, 7) is 1.69. The molecule has 0 radical (unpaired) electrons. The first-order chi connectivity index (χ1) is 9.50. The van der Waals surface area contributed by atoms with Gasteiger partial charge in [0.2, 0.25) is 10.0 Å². The zero-order valence-corrected chi connectivity index (χ0v) is 12.2. The van der Waals surface area contributed by atoms with Crippen molar-refractivity contribution in [2.45, 2.75) is 12.8 Å². The second-order valence-corrected chi connectivity index (χ2v) is 6.69. The van der Waals surface area contributed by atoms with Gasteiger partial charge in [-0.3, -0.25) is 4.72 Å². The Balaban J connectivity index is 2.02. The van der Waals surface area contributed by atoms with Crippen LogP contribution in [0.25, 0.3) is 0 Å². The predicted molar refractivity (Wildman–Crippen MR) is 76.0 cm³/mol. The van der Waals surface area contributed by atoms with Crippen LogP contribution in [-0.4, -0.2) is 34.4 Å². The van der Waals surface area contributed by atoms with Crippen molar-refractivity contribution >= 4 is 15.7 Å². The molecule has 1 aliphatic rings. The smallest absolute Gasteiger partial charge is 0.232 e. The number of methoxy groups -OCH3 is 1. The van der Waals surface area contributed by atoms with Crippen LogP contribution >= 0.6 is 0 Å². The molecule has 1 aromatic carbocycles. The van der Waals surface area contributed by atoms with Crippen LogP contribution < -0.4 is 14.8 Å². The topological polar surface area (TPSA) is 67.4 Å². The number of ether oxygens (including phenoxy) is 1. The molecule has 1 saturated heterocycles. The maximum absolute atomic E-state index is 13.5. The second-order valence-electron chi connectivity index (χ2n) is 4.93. The molecule has 2 N–H and O–H groups in total. The molecule has 2 rings (SSSR count). The monoisotopic (exact) mass is 302 g/mol. The summed E-state index contributed by atoms with van der Waals surface area (Å²) >= 11 is 0. The van der Waals surface area contributed by atoms with Crippen molar-refractivity contribution in [3.63, 3.8) is 0 Å². The number of nitrogens with one attached hydrogen (secondary N) is 2. The summed E-state index contributed by atoms with van der Waals surface area (Å²) in [5, 5.41) is 3.19. The van der Waals surface area contributed by atoms with Gasteiger partial charge in [-0.15, -0.1) is 0 Å². The average molecular weight is 302 g/mol. The summed E-state index contributed by atoms with van der Waals surface area (Å²) < 4.78 is 44.8. The van der Waals surface area contributed by atoms with E-state index in [2.05, 4.69) is 10.0 Å². The molecule has 0 amide bonds. The molecule has 0 aromatic heterocycles. The Labute approximate surface area is 118 Å². The molecule has 1 aromatic rings. The largest absolute Gasteiger partial charge is 0.494 e. The van der Waals surface area contributed by atoms with Crippen molar-refractivity contribution < 1.29 is 17.5 Å². The number of hydrogen-bond acceptors (Lipinski definition) is 4. The molecule has 0 unspecified atom stereocenters. The molecule has 0 saturated carbocycles. The first-order valence-electron chi connectivity index (χ1n) is 6.55. The molecule has 5 nitrogen and oxygen atoms in total. The van der Waals surface area contributed by atoms with Gasteiger partial charge in [0.05, 0.1) is 18.6 Å². The zero-order chi connectivity index (χ0) is 14.6. The molecule has 112 valence electrons. The van der Waals surface area contributed by atoms with Crippen molar-refractivity contribution in [3.05, 3.63) is 24.0 Å². The fraction of sp³-hybridized carbons (Fsp3) is 0.538. The Morgan fingerprint density at radius 3 is 2.70 bits per heavy atom. The third kappa shape index (κ3) is 4.08. The number of rotatable bonds is 5. The molecule has 20 heavy (non-hydrogen) atoms. The minimum absolute atomic E-state index is 0.0718. The first kappa shape index (κ1) is 15.1. The Bertz CT molecular complexity index is 557. The van der Waals surface area contributed by atoms with Crippen molar-refractivity contribution in [1.29, 1.82) is 0 Å². The van der Waals surface area contributed by atoms with E-state index in [0.717, 1.165) is 32.0 Å². The minimum Gasteiger partial charge on any atom is -0.494 e. The van der Waals surface area contributed by atoms with Crippen LogP contribution in [0.1, 0.15) is 12.8 Å². The highest BCUT2D eigenvalue weighted by Gasteiger charge is 2.21. The molecule has 1 fully saturated rings. The van der Waals surface area contributed by atoms with E-state index in [1.807, 2.05) is 0 Å². The highest BCUT2D eigenvalue weighted by Crippen LogP contribution is 2.22. The Hall–Kier alpha value is -1.34. The fourth-order valence-corrected chi connectivity index (χ4v) is 3.83. The average Bonchev–Trinajstić information content (AvgIpc) is 2.39. The van der Waals surface area contributed by atoms with E-state index >= 15 is 0 Å². The summed E-state index contributed by atoms with van der Waals surface area (Å²) in [4.78, 5) is 0. The van der Waals surface area contributed by atoms with Gasteiger partial charge in [-0.1, -0.05) is 0 Å². The van der Waals surface area contributed by atoms with Crippen LogP contribution in [-0.2, 0) is 10.0 Å². The highest BCUT2D eigenvalue weighted by molar-refractivity contribution is 7.92. The van der Waals surface area contributed by atoms with Crippen LogP contribution in [0.2, 0.25) is 0 Å². The van der Waals surface area contributed by atoms with Gasteiger partial charge < -0.3 is 10.1 Å². The lowest BCUT2D eigenvalue weighted by molar-refractivity contribution is 0.386. The summed E-state index contributed by atoms with van der Waals surface area (Å²) in [7, 11) is -2.10. The maximum atomic E-state index is 13.5. The Kier molecular flexibility index (Phi) is 4.82. The van der Waals surface area contributed by atoms with Crippen LogP contribution in [0.5, 0.6) is 5.75 Å². The molecular weight excluding hydrogens is 283 g/mol. The summed E-state index contributed by atoms with van der Waals surface area (Å²) in [5.74, 6) is -0.278. The summed E-state index contributed by atoms with van der Waals surface area (Å²) in [6.07, 6.45) is 1.69. The van der Waals surface area contributed by atoms with Gasteiger partial charge in [-0.2, -0.15) is 0 Å². The number of halogens is 1. The highest BCUT2D eigenvalue weighted by atomic mass is 32.2. The van der Waals surface area contributed by atoms with Crippen molar-refractivity contribution in [2.75, 3.05) is 30.7 Å². The van der Waals surface area contributed by atoms with E-state index in [1.165, 1.54) is 19.2 Å². The third-order valence-corrected chi connectivity index (χ3v) is 4.80. The molecule has 1 aliphatic heterocycles. The second kappa shape index (κ2) is 6.41. The summed E-state index contributed by atoms with van der Waals surface area (Å²) in [5.41, 5.74) is 0.220. The number of anilines is 1. The zero-order valence-electron chi connectivity index (χ0n) is 11.4. The van der Waals surface area contributed by atoms with E-state index < -0.39 is 15.8 Å². The molecule has 0 spiro atoms. The molecular formula is C13H19FN2O3S. The number of benzene rings is 1. The normalized spacial score (nSPS) is 16.9. The van der Waals surface area contributed by atoms with Gasteiger partial charge in [-0.25, -0.2) is 12.8 Å². The van der Waals surface area contributed by atoms with E-state index in [1.54, 1.807) is 0 Å². The number of sulfonamides is 1. The van der Waals surface area contributed by atoms with Crippen molar-refractivity contribution in [1.82, 2.24) is 5.32 Å². The van der Waals surface area contributed by atoms with E-state index in [9.17, 15) is 12.8 Å². The van der Waals surface area contributed by atoms with Crippen LogP contribution in [0, 0.1) is 11.7 Å². The van der Waals surface area contributed by atoms with Gasteiger partial charge in [0.25, 0.3) is 0 Å². The van der Waals surface area contributed by atoms with Crippen molar-refractivity contribution in [2.24, 2.45) is 5.92 Å². The van der Waals surface area contributed by atoms with Crippen LogP contribution in [0.15, 0.2) is 18.2 Å². The van der Waals surface area contributed by atoms with Gasteiger partial charge in [0.1, 0.15) is 0 Å². The van der Waals surface area contributed by atoms with Gasteiger partial charge in [0.15, 0.2) is 11.6 Å². The SMILES string of the molecule is COc1ccc(NS(=O)(=O)CC2CCNCC2)cc1F. The molecule has 0 atom stereocenters. The maximum Gasteiger partial charge on any atom is 0.232 e. The quantitative estimate of drug-likeness (QED) is 0.866. The van der Waals surface area contributed by atoms with Crippen molar-refractivity contribution in [3.8, 4) is 5.75 Å². The number of hydrogen-bond donors (Lipinski definition) is 2. The molecule has 0 aliphatic carbocycles. The van der Waals surface area contributed by atoms with E-state index in [-0.39, 0.29) is 23.1 Å². The lowest BCUT2D eigenvalue weighted by atomic mass is 10.0.